The van der Waals surface area contributed by atoms with Crippen molar-refractivity contribution in [2.75, 3.05) is 13.2 Å². The predicted molar refractivity (Wildman–Crippen MR) is 124 cm³/mol. The summed E-state index contributed by atoms with van der Waals surface area (Å²) in [4.78, 5) is 30.1. The zero-order valence-corrected chi connectivity index (χ0v) is 18.7. The average molecular weight is 447 g/mol. The molecule has 0 saturated heterocycles. The molecule has 0 aliphatic rings. The second kappa shape index (κ2) is 10.7. The van der Waals surface area contributed by atoms with Crippen LogP contribution < -0.4 is 4.74 Å². The quantitative estimate of drug-likeness (QED) is 0.243. The van der Waals surface area contributed by atoms with E-state index in [0.717, 1.165) is 33.7 Å². The van der Waals surface area contributed by atoms with Crippen molar-refractivity contribution in [1.29, 1.82) is 0 Å². The van der Waals surface area contributed by atoms with E-state index in [-0.39, 0.29) is 12.4 Å². The van der Waals surface area contributed by atoms with Gasteiger partial charge in [-0.05, 0) is 50.1 Å². The fourth-order valence-electron chi connectivity index (χ4n) is 3.39. The summed E-state index contributed by atoms with van der Waals surface area (Å²) in [5.74, 6) is 1.66. The summed E-state index contributed by atoms with van der Waals surface area (Å²) in [6.07, 6.45) is 1.46. The highest BCUT2D eigenvalue weighted by Crippen LogP contribution is 2.23. The van der Waals surface area contributed by atoms with Crippen LogP contribution in [0.3, 0.4) is 0 Å². The summed E-state index contributed by atoms with van der Waals surface area (Å²) in [7, 11) is 0. The van der Waals surface area contributed by atoms with E-state index in [9.17, 15) is 4.79 Å². The van der Waals surface area contributed by atoms with E-state index >= 15 is 0 Å². The van der Waals surface area contributed by atoms with Gasteiger partial charge in [-0.1, -0.05) is 36.4 Å². The number of aromatic nitrogens is 2. The Morgan fingerprint density at radius 2 is 1.79 bits per heavy atom. The second-order valence-corrected chi connectivity index (χ2v) is 7.52. The third-order valence-corrected chi connectivity index (χ3v) is 5.13. The van der Waals surface area contributed by atoms with Crippen LogP contribution in [0.5, 0.6) is 5.75 Å². The molecule has 0 aliphatic heterocycles. The van der Waals surface area contributed by atoms with E-state index in [1.54, 1.807) is 6.92 Å². The first-order valence-corrected chi connectivity index (χ1v) is 11.0. The smallest absolute Gasteiger partial charge is 0.342 e. The summed E-state index contributed by atoms with van der Waals surface area (Å²) in [6.45, 7) is 4.47. The van der Waals surface area contributed by atoms with Crippen molar-refractivity contribution in [1.82, 2.24) is 9.97 Å². The lowest BCUT2D eigenvalue weighted by molar-refractivity contribution is -0.269. The Hall–Kier alpha value is -3.71. The molecular formula is C26H26N2O5. The molecule has 0 radical (unpaired) electrons. The molecule has 0 bridgehead atoms. The average Bonchev–Trinajstić information content (AvgIpc) is 3.22. The van der Waals surface area contributed by atoms with Crippen LogP contribution in [0.2, 0.25) is 0 Å². The van der Waals surface area contributed by atoms with Crippen molar-refractivity contribution in [3.05, 3.63) is 77.7 Å². The third kappa shape index (κ3) is 5.96. The summed E-state index contributed by atoms with van der Waals surface area (Å²) in [5.41, 5.74) is 3.50. The van der Waals surface area contributed by atoms with Crippen molar-refractivity contribution >= 4 is 16.9 Å². The Kier molecular flexibility index (Phi) is 7.32. The van der Waals surface area contributed by atoms with E-state index < -0.39 is 0 Å². The Morgan fingerprint density at radius 1 is 0.970 bits per heavy atom. The standard InChI is InChI=1S/C26H26N2O5/c1-3-31-33-25(29)15-10-19-8-12-21(13-9-19)30-17-16-22-18(2)32-26(28-22)24-14-11-20-6-4-5-7-23(20)27-24/h4-9,11-14H,3,10,15-17H2,1-2H3. The SMILES string of the molecule is CCOOC(=O)CCc1ccc(OCCc2nc(-c3ccc4ccccc4n3)oc2C)cc1. The first-order chi connectivity index (χ1) is 16.1. The molecule has 0 amide bonds. The number of ether oxygens (including phenoxy) is 1. The first kappa shape index (κ1) is 22.5. The fourth-order valence-corrected chi connectivity index (χ4v) is 3.39. The molecule has 7 nitrogen and oxygen atoms in total. The van der Waals surface area contributed by atoms with Gasteiger partial charge in [-0.2, -0.15) is 4.89 Å². The highest BCUT2D eigenvalue weighted by atomic mass is 17.2. The summed E-state index contributed by atoms with van der Waals surface area (Å²) >= 11 is 0. The van der Waals surface area contributed by atoms with Crippen LogP contribution in [0.15, 0.2) is 65.1 Å². The number of para-hydroxylation sites is 1. The molecule has 2 aromatic heterocycles. The van der Waals surface area contributed by atoms with Gasteiger partial charge < -0.3 is 9.15 Å². The number of aryl methyl sites for hydroxylation is 2. The van der Waals surface area contributed by atoms with E-state index in [4.69, 9.17) is 9.15 Å². The molecule has 0 spiro atoms. The van der Waals surface area contributed by atoms with Crippen LogP contribution in [0.25, 0.3) is 22.5 Å². The molecule has 0 unspecified atom stereocenters. The summed E-state index contributed by atoms with van der Waals surface area (Å²) in [5, 5.41) is 1.08. The van der Waals surface area contributed by atoms with E-state index in [1.165, 1.54) is 0 Å². The lowest BCUT2D eigenvalue weighted by atomic mass is 10.1. The number of nitrogens with zero attached hydrogens (tertiary/aromatic N) is 2. The first-order valence-electron chi connectivity index (χ1n) is 11.0. The molecule has 4 aromatic rings. The highest BCUT2D eigenvalue weighted by molar-refractivity contribution is 5.80. The Balaban J connectivity index is 1.30. The number of benzene rings is 2. The van der Waals surface area contributed by atoms with E-state index in [2.05, 4.69) is 19.7 Å². The van der Waals surface area contributed by atoms with E-state index in [1.807, 2.05) is 67.6 Å². The molecule has 0 atom stereocenters. The molecule has 2 heterocycles. The number of hydrogen-bond acceptors (Lipinski definition) is 7. The van der Waals surface area contributed by atoms with Crippen molar-refractivity contribution in [3.63, 3.8) is 0 Å². The van der Waals surface area contributed by atoms with Crippen LogP contribution >= 0.6 is 0 Å². The Labute approximate surface area is 192 Å². The lowest BCUT2D eigenvalue weighted by Crippen LogP contribution is -2.06. The molecule has 0 aliphatic carbocycles. The molecule has 33 heavy (non-hydrogen) atoms. The van der Waals surface area contributed by atoms with Gasteiger partial charge in [0.15, 0.2) is 0 Å². The number of carbonyl (C=O) groups is 1. The molecule has 0 N–H and O–H groups in total. The second-order valence-electron chi connectivity index (χ2n) is 7.52. The van der Waals surface area contributed by atoms with Gasteiger partial charge in [0.1, 0.15) is 17.2 Å². The van der Waals surface area contributed by atoms with Crippen LogP contribution in [0, 0.1) is 6.92 Å². The minimum atomic E-state index is -0.376. The molecule has 4 rings (SSSR count). The minimum Gasteiger partial charge on any atom is -0.493 e. The topological polar surface area (TPSA) is 83.7 Å². The van der Waals surface area contributed by atoms with E-state index in [0.29, 0.717) is 37.6 Å². The number of pyridine rings is 1. The van der Waals surface area contributed by atoms with Gasteiger partial charge in [-0.3, -0.25) is 4.89 Å². The number of oxazole rings is 1. The number of rotatable bonds is 10. The predicted octanol–water partition coefficient (Wildman–Crippen LogP) is 5.25. The van der Waals surface area contributed by atoms with Gasteiger partial charge in [0.2, 0.25) is 5.89 Å². The van der Waals surface area contributed by atoms with Crippen LogP contribution in [-0.2, 0) is 27.4 Å². The maximum absolute atomic E-state index is 11.5. The van der Waals surface area contributed by atoms with Crippen LogP contribution in [0.4, 0.5) is 0 Å². The van der Waals surface area contributed by atoms with Gasteiger partial charge in [-0.15, -0.1) is 0 Å². The molecule has 2 aromatic carbocycles. The summed E-state index contributed by atoms with van der Waals surface area (Å²) < 4.78 is 11.7. The fraction of sp³-hybridized carbons (Fsp3) is 0.269. The largest absolute Gasteiger partial charge is 0.493 e. The maximum atomic E-state index is 11.5. The molecule has 0 fully saturated rings. The molecule has 0 saturated carbocycles. The normalized spacial score (nSPS) is 11.0. The minimum absolute atomic E-state index is 0.264. The van der Waals surface area contributed by atoms with Gasteiger partial charge in [0.05, 0.1) is 30.8 Å². The molecular weight excluding hydrogens is 420 g/mol. The Bertz CT molecular complexity index is 1220. The van der Waals surface area contributed by atoms with Gasteiger partial charge in [0, 0.05) is 11.8 Å². The van der Waals surface area contributed by atoms with Crippen molar-refractivity contribution < 1.29 is 23.7 Å². The van der Waals surface area contributed by atoms with Crippen molar-refractivity contribution in [2.45, 2.75) is 33.1 Å². The van der Waals surface area contributed by atoms with Gasteiger partial charge >= 0.3 is 5.97 Å². The monoisotopic (exact) mass is 446 g/mol. The number of carbonyl (C=O) groups excluding carboxylic acids is 1. The number of fused-ring (bicyclic) bond motifs is 1. The van der Waals surface area contributed by atoms with Crippen LogP contribution in [0.1, 0.15) is 30.4 Å². The zero-order chi connectivity index (χ0) is 23.0. The zero-order valence-electron chi connectivity index (χ0n) is 18.7. The third-order valence-electron chi connectivity index (χ3n) is 5.13. The van der Waals surface area contributed by atoms with Gasteiger partial charge in [0.25, 0.3) is 0 Å². The van der Waals surface area contributed by atoms with Gasteiger partial charge in [-0.25, -0.2) is 14.8 Å². The van der Waals surface area contributed by atoms with Crippen molar-refractivity contribution in [3.8, 4) is 17.3 Å². The Morgan fingerprint density at radius 3 is 2.61 bits per heavy atom. The highest BCUT2D eigenvalue weighted by Gasteiger charge is 2.13. The lowest BCUT2D eigenvalue weighted by Gasteiger charge is -2.07. The molecule has 7 heteroatoms. The number of hydrogen-bond donors (Lipinski definition) is 0. The molecule has 170 valence electrons. The maximum Gasteiger partial charge on any atom is 0.342 e. The van der Waals surface area contributed by atoms with Crippen LogP contribution in [-0.4, -0.2) is 29.2 Å². The van der Waals surface area contributed by atoms with Crippen molar-refractivity contribution in [2.24, 2.45) is 0 Å². The summed E-state index contributed by atoms with van der Waals surface area (Å²) in [6, 6.07) is 19.6.